The molecule has 1 rings (SSSR count). The first-order valence-electron chi connectivity index (χ1n) is 3.21. The number of hydrogen-bond acceptors (Lipinski definition) is 4. The van der Waals surface area contributed by atoms with Crippen molar-refractivity contribution in [1.82, 2.24) is 0 Å². The van der Waals surface area contributed by atoms with Crippen LogP contribution in [0.2, 0.25) is 15.1 Å². The summed E-state index contributed by atoms with van der Waals surface area (Å²) >= 11 is 16.8. The van der Waals surface area contributed by atoms with Crippen molar-refractivity contribution >= 4 is 34.8 Å². The topological polar surface area (TPSA) is 115 Å². The lowest BCUT2D eigenvalue weighted by Gasteiger charge is -1.94. The molecule has 0 aliphatic heterocycles. The molecule has 0 aliphatic rings. The first kappa shape index (κ1) is 16.6. The fourth-order valence-electron chi connectivity index (χ4n) is 0.477. The Labute approximate surface area is 100 Å². The molecule has 6 nitrogen and oxygen atoms in total. The second-order valence-electron chi connectivity index (χ2n) is 1.77. The van der Waals surface area contributed by atoms with E-state index in [2.05, 4.69) is 11.7 Å². The maximum absolute atomic E-state index is 8.36. The van der Waals surface area contributed by atoms with E-state index in [-0.39, 0.29) is 0 Å². The molecule has 0 bridgehead atoms. The van der Waals surface area contributed by atoms with Crippen molar-refractivity contribution in [1.29, 1.82) is 0 Å². The van der Waals surface area contributed by atoms with Gasteiger partial charge in [-0.15, -0.1) is 10.1 Å². The van der Waals surface area contributed by atoms with Crippen LogP contribution >= 0.6 is 34.8 Å². The molecule has 0 radical (unpaired) electrons. The number of halogens is 3. The standard InChI is InChI=1S/C6H3Cl3.H4N2.HNO3/c7-4-2-1-3-5(8)6(4)9;1-2;2-1(3)4/h1-3H;1-2H2;(H,2,3,4). The SMILES string of the molecule is Clc1cccc(Cl)c1Cl.NN.O=[N+]([O-])O. The smallest absolute Gasteiger partial charge is 0.291 e. The molecule has 15 heavy (non-hydrogen) atoms. The normalized spacial score (nSPS) is 7.80. The van der Waals surface area contributed by atoms with Gasteiger partial charge in [-0.25, -0.2) is 0 Å². The molecule has 0 atom stereocenters. The Kier molecular flexibility index (Phi) is 10.8. The maximum atomic E-state index is 8.36. The molecule has 1 aromatic rings. The predicted octanol–water partition coefficient (Wildman–Crippen LogP) is 2.12. The molecule has 5 N–H and O–H groups in total. The monoisotopic (exact) mass is 275 g/mol. The van der Waals surface area contributed by atoms with Gasteiger partial charge in [0.15, 0.2) is 0 Å². The molecule has 0 fully saturated rings. The third kappa shape index (κ3) is 9.51. The van der Waals surface area contributed by atoms with E-state index in [1.165, 1.54) is 0 Å². The Morgan fingerprint density at radius 1 is 1.20 bits per heavy atom. The lowest BCUT2D eigenvalue weighted by Crippen LogP contribution is -2.02. The van der Waals surface area contributed by atoms with E-state index in [4.69, 9.17) is 50.1 Å². The van der Waals surface area contributed by atoms with Crippen molar-refractivity contribution in [3.05, 3.63) is 43.4 Å². The van der Waals surface area contributed by atoms with Gasteiger partial charge < -0.3 is 5.21 Å². The molecule has 0 amide bonds. The highest BCUT2D eigenvalue weighted by molar-refractivity contribution is 6.47. The summed E-state index contributed by atoms with van der Waals surface area (Å²) in [6, 6.07) is 5.13. The number of hydrazine groups is 1. The Morgan fingerprint density at radius 3 is 1.67 bits per heavy atom. The molecule has 0 aliphatic carbocycles. The summed E-state index contributed by atoms with van der Waals surface area (Å²) in [5.41, 5.74) is 0. The van der Waals surface area contributed by atoms with Gasteiger partial charge in [-0.3, -0.25) is 11.7 Å². The number of nitrogens with two attached hydrogens (primary N) is 2. The van der Waals surface area contributed by atoms with Gasteiger partial charge in [0.05, 0.1) is 15.1 Å². The van der Waals surface area contributed by atoms with Gasteiger partial charge in [0.25, 0.3) is 5.09 Å². The van der Waals surface area contributed by atoms with Crippen molar-refractivity contribution in [2.45, 2.75) is 0 Å². The molecule has 1 aromatic carbocycles. The molecule has 0 saturated heterocycles. The van der Waals surface area contributed by atoms with Crippen LogP contribution in [0.3, 0.4) is 0 Å². The highest BCUT2D eigenvalue weighted by Gasteiger charge is 1.98. The van der Waals surface area contributed by atoms with E-state index in [1.807, 2.05) is 0 Å². The summed E-state index contributed by atoms with van der Waals surface area (Å²) < 4.78 is 0. The summed E-state index contributed by atoms with van der Waals surface area (Å²) in [6.45, 7) is 0. The fourth-order valence-corrected chi connectivity index (χ4v) is 1.00. The zero-order chi connectivity index (χ0) is 12.4. The van der Waals surface area contributed by atoms with E-state index in [0.717, 1.165) is 0 Å². The minimum Gasteiger partial charge on any atom is -0.328 e. The van der Waals surface area contributed by atoms with E-state index in [9.17, 15) is 0 Å². The predicted molar refractivity (Wildman–Crippen MR) is 58.6 cm³/mol. The highest BCUT2D eigenvalue weighted by atomic mass is 35.5. The molecule has 0 aromatic heterocycles. The van der Waals surface area contributed by atoms with Gasteiger partial charge in [-0.05, 0) is 12.1 Å². The molecule has 0 unspecified atom stereocenters. The van der Waals surface area contributed by atoms with Gasteiger partial charge in [-0.2, -0.15) is 0 Å². The van der Waals surface area contributed by atoms with Crippen LogP contribution in [0.4, 0.5) is 0 Å². The highest BCUT2D eigenvalue weighted by Crippen LogP contribution is 2.28. The number of hydrogen-bond donors (Lipinski definition) is 3. The second-order valence-corrected chi connectivity index (χ2v) is 2.97. The van der Waals surface area contributed by atoms with Crippen LogP contribution in [0, 0.1) is 10.1 Å². The zero-order valence-electron chi connectivity index (χ0n) is 7.23. The van der Waals surface area contributed by atoms with Crippen molar-refractivity contribution in [2.75, 3.05) is 0 Å². The molecule has 86 valence electrons. The molecule has 9 heteroatoms. The third-order valence-corrected chi connectivity index (χ3v) is 2.14. The number of benzene rings is 1. The van der Waals surface area contributed by atoms with Crippen molar-refractivity contribution in [3.63, 3.8) is 0 Å². The van der Waals surface area contributed by atoms with E-state index in [1.54, 1.807) is 18.2 Å². The van der Waals surface area contributed by atoms with Crippen LogP contribution < -0.4 is 11.7 Å². The molecular formula is C6H8Cl3N3O3. The van der Waals surface area contributed by atoms with E-state index >= 15 is 0 Å². The second kappa shape index (κ2) is 9.75. The molecule has 0 saturated carbocycles. The Bertz CT molecular complexity index is 287. The number of rotatable bonds is 0. The average molecular weight is 277 g/mol. The summed E-state index contributed by atoms with van der Waals surface area (Å²) in [5.74, 6) is 8.00. The van der Waals surface area contributed by atoms with Gasteiger partial charge >= 0.3 is 0 Å². The summed E-state index contributed by atoms with van der Waals surface area (Å²) in [6.07, 6.45) is 0. The Morgan fingerprint density at radius 2 is 1.47 bits per heavy atom. The van der Waals surface area contributed by atoms with Gasteiger partial charge in [0, 0.05) is 0 Å². The van der Waals surface area contributed by atoms with Crippen LogP contribution in [0.15, 0.2) is 18.2 Å². The van der Waals surface area contributed by atoms with Crippen LogP contribution in [0.5, 0.6) is 0 Å². The molecule has 0 heterocycles. The summed E-state index contributed by atoms with van der Waals surface area (Å²) in [7, 11) is 0. The summed E-state index contributed by atoms with van der Waals surface area (Å²) in [5, 5.41) is 15.0. The largest absolute Gasteiger partial charge is 0.328 e. The Balaban J connectivity index is 0. The zero-order valence-corrected chi connectivity index (χ0v) is 9.50. The number of nitrogens with zero attached hydrogens (tertiary/aromatic N) is 1. The van der Waals surface area contributed by atoms with E-state index in [0.29, 0.717) is 15.1 Å². The first-order valence-corrected chi connectivity index (χ1v) is 4.34. The van der Waals surface area contributed by atoms with Crippen molar-refractivity contribution in [3.8, 4) is 0 Å². The molecular weight excluding hydrogens is 268 g/mol. The lowest BCUT2D eigenvalue weighted by atomic mass is 10.4. The van der Waals surface area contributed by atoms with Gasteiger partial charge in [0.1, 0.15) is 0 Å². The average Bonchev–Trinajstić information content (AvgIpc) is 2.16. The van der Waals surface area contributed by atoms with Crippen LogP contribution in [-0.2, 0) is 0 Å². The van der Waals surface area contributed by atoms with Gasteiger partial charge in [-0.1, -0.05) is 40.9 Å². The van der Waals surface area contributed by atoms with Crippen LogP contribution in [-0.4, -0.2) is 10.3 Å². The maximum Gasteiger partial charge on any atom is 0.291 e. The quantitative estimate of drug-likeness (QED) is 0.290. The van der Waals surface area contributed by atoms with Crippen LogP contribution in [0.1, 0.15) is 0 Å². The van der Waals surface area contributed by atoms with Crippen molar-refractivity contribution < 1.29 is 10.3 Å². The first-order chi connectivity index (χ1) is 6.95. The van der Waals surface area contributed by atoms with Gasteiger partial charge in [0.2, 0.25) is 0 Å². The minimum atomic E-state index is -1.50. The fraction of sp³-hybridized carbons (Fsp3) is 0. The van der Waals surface area contributed by atoms with E-state index < -0.39 is 5.09 Å². The summed E-state index contributed by atoms with van der Waals surface area (Å²) in [4.78, 5) is 8.36. The third-order valence-electron chi connectivity index (χ3n) is 0.904. The lowest BCUT2D eigenvalue weighted by molar-refractivity contribution is -0.742. The minimum absolute atomic E-state index is 0.417. The van der Waals surface area contributed by atoms with Crippen LogP contribution in [0.25, 0.3) is 0 Å². The Hall–Kier alpha value is -0.790. The van der Waals surface area contributed by atoms with Crippen molar-refractivity contribution in [2.24, 2.45) is 11.7 Å². The molecule has 0 spiro atoms.